The third-order valence-electron chi connectivity index (χ3n) is 4.64. The van der Waals surface area contributed by atoms with E-state index in [9.17, 15) is 0 Å². The first-order valence-electron chi connectivity index (χ1n) is 9.04. The zero-order valence-corrected chi connectivity index (χ0v) is 16.7. The van der Waals surface area contributed by atoms with Gasteiger partial charge in [-0.15, -0.1) is 22.7 Å². The van der Waals surface area contributed by atoms with E-state index in [1.165, 1.54) is 32.3 Å². The van der Waals surface area contributed by atoms with Crippen LogP contribution in [0.25, 0.3) is 38.0 Å². The Morgan fingerprint density at radius 2 is 1.21 bits per heavy atom. The normalized spacial score (nSPS) is 10.9. The molecule has 28 heavy (non-hydrogen) atoms. The van der Waals surface area contributed by atoms with E-state index in [2.05, 4.69) is 99.2 Å². The van der Waals surface area contributed by atoms with Gasteiger partial charge in [0.25, 0.3) is 0 Å². The molecule has 0 aliphatic heterocycles. The van der Waals surface area contributed by atoms with Crippen LogP contribution >= 0.6 is 22.7 Å². The van der Waals surface area contributed by atoms with Gasteiger partial charge in [-0.1, -0.05) is 42.5 Å². The maximum Gasteiger partial charge on any atom is 0.229 e. The van der Waals surface area contributed by atoms with E-state index in [1.807, 2.05) is 12.4 Å². The van der Waals surface area contributed by atoms with E-state index in [1.54, 1.807) is 22.7 Å². The standard InChI is InChI=1S/C24H17N2S2/c1-2-6-18(7-3-1)19-16-21(23-8-4-14-27-23)26(20-10-12-25-13-11-20)22(17-19)24-9-5-15-28-24/h1-17H/q+1. The molecule has 4 aromatic heterocycles. The molecule has 0 saturated carbocycles. The van der Waals surface area contributed by atoms with Gasteiger partial charge in [-0.3, -0.25) is 4.98 Å². The number of pyridine rings is 2. The van der Waals surface area contributed by atoms with Gasteiger partial charge in [0.05, 0.1) is 9.75 Å². The van der Waals surface area contributed by atoms with Crippen molar-refractivity contribution in [2.24, 2.45) is 0 Å². The van der Waals surface area contributed by atoms with Crippen LogP contribution in [0.15, 0.2) is 102 Å². The lowest BCUT2D eigenvalue weighted by Gasteiger charge is -2.10. The summed E-state index contributed by atoms with van der Waals surface area (Å²) in [7, 11) is 0. The van der Waals surface area contributed by atoms with Gasteiger partial charge in [0.15, 0.2) is 0 Å². The second kappa shape index (κ2) is 7.50. The third kappa shape index (κ3) is 3.17. The van der Waals surface area contributed by atoms with Crippen molar-refractivity contribution in [2.45, 2.75) is 0 Å². The summed E-state index contributed by atoms with van der Waals surface area (Å²) in [5, 5.41) is 4.26. The van der Waals surface area contributed by atoms with Gasteiger partial charge < -0.3 is 0 Å². The van der Waals surface area contributed by atoms with E-state index in [0.717, 1.165) is 5.69 Å². The summed E-state index contributed by atoms with van der Waals surface area (Å²) in [6, 6.07) is 27.9. The Morgan fingerprint density at radius 3 is 1.75 bits per heavy atom. The maximum absolute atomic E-state index is 4.21. The topological polar surface area (TPSA) is 16.8 Å². The molecular weight excluding hydrogens is 380 g/mol. The monoisotopic (exact) mass is 397 g/mol. The zero-order valence-electron chi connectivity index (χ0n) is 15.0. The number of hydrogen-bond acceptors (Lipinski definition) is 3. The van der Waals surface area contributed by atoms with Gasteiger partial charge >= 0.3 is 0 Å². The van der Waals surface area contributed by atoms with E-state index < -0.39 is 0 Å². The lowest BCUT2D eigenvalue weighted by molar-refractivity contribution is -0.571. The Kier molecular flexibility index (Phi) is 4.57. The summed E-state index contributed by atoms with van der Waals surface area (Å²) >= 11 is 3.52. The van der Waals surface area contributed by atoms with Crippen molar-refractivity contribution in [3.05, 3.63) is 102 Å². The SMILES string of the molecule is c1ccc(-c2cc(-c3cccs3)[n+](-c3ccncc3)c(-c3cccs3)c2)cc1. The molecule has 0 fully saturated rings. The number of benzene rings is 1. The fourth-order valence-electron chi connectivity index (χ4n) is 3.37. The molecule has 0 bridgehead atoms. The lowest BCUT2D eigenvalue weighted by atomic mass is 10.0. The van der Waals surface area contributed by atoms with Crippen LogP contribution in [-0.4, -0.2) is 4.98 Å². The van der Waals surface area contributed by atoms with Crippen molar-refractivity contribution < 1.29 is 4.57 Å². The largest absolute Gasteiger partial charge is 0.264 e. The minimum Gasteiger partial charge on any atom is -0.264 e. The molecular formula is C24H17N2S2+. The summed E-state index contributed by atoms with van der Waals surface area (Å²) in [4.78, 5) is 6.70. The molecule has 0 aliphatic carbocycles. The van der Waals surface area contributed by atoms with E-state index >= 15 is 0 Å². The molecule has 0 atom stereocenters. The van der Waals surface area contributed by atoms with Crippen LogP contribution in [0, 0.1) is 0 Å². The molecule has 134 valence electrons. The average molecular weight is 398 g/mol. The maximum atomic E-state index is 4.21. The minimum absolute atomic E-state index is 1.11. The quantitative estimate of drug-likeness (QED) is 0.317. The molecule has 0 radical (unpaired) electrons. The van der Waals surface area contributed by atoms with E-state index in [0.29, 0.717) is 0 Å². The summed E-state index contributed by atoms with van der Waals surface area (Å²) in [6.07, 6.45) is 3.70. The Bertz CT molecular complexity index is 1130. The van der Waals surface area contributed by atoms with Crippen molar-refractivity contribution in [1.82, 2.24) is 4.98 Å². The Labute approximate surface area is 172 Å². The molecule has 1 aromatic carbocycles. The second-order valence-corrected chi connectivity index (χ2v) is 8.27. The van der Waals surface area contributed by atoms with Crippen molar-refractivity contribution >= 4 is 22.7 Å². The fourth-order valence-corrected chi connectivity index (χ4v) is 4.84. The van der Waals surface area contributed by atoms with Gasteiger partial charge in [-0.05, 0) is 34.0 Å². The second-order valence-electron chi connectivity index (χ2n) is 6.38. The number of aromatic nitrogens is 2. The van der Waals surface area contributed by atoms with Gasteiger partial charge in [0, 0.05) is 36.7 Å². The van der Waals surface area contributed by atoms with Gasteiger partial charge in [-0.2, -0.15) is 4.57 Å². The number of rotatable bonds is 4. The van der Waals surface area contributed by atoms with Crippen LogP contribution in [0.5, 0.6) is 0 Å². The molecule has 0 saturated heterocycles. The molecule has 4 heterocycles. The zero-order chi connectivity index (χ0) is 18.8. The van der Waals surface area contributed by atoms with Gasteiger partial charge in [0.2, 0.25) is 17.1 Å². The van der Waals surface area contributed by atoms with Gasteiger partial charge in [-0.25, -0.2) is 0 Å². The van der Waals surface area contributed by atoms with Crippen LogP contribution in [0.2, 0.25) is 0 Å². The van der Waals surface area contributed by atoms with Crippen LogP contribution < -0.4 is 4.57 Å². The molecule has 0 amide bonds. The molecule has 4 heteroatoms. The first kappa shape index (κ1) is 17.0. The molecule has 0 spiro atoms. The number of hydrogen-bond donors (Lipinski definition) is 0. The Morgan fingerprint density at radius 1 is 0.607 bits per heavy atom. The highest BCUT2D eigenvalue weighted by Crippen LogP contribution is 2.33. The fraction of sp³-hybridized carbons (Fsp3) is 0. The molecule has 0 N–H and O–H groups in total. The van der Waals surface area contributed by atoms with Crippen LogP contribution in [-0.2, 0) is 0 Å². The highest BCUT2D eigenvalue weighted by Gasteiger charge is 2.25. The molecule has 0 unspecified atom stereocenters. The first-order valence-corrected chi connectivity index (χ1v) is 10.8. The highest BCUT2D eigenvalue weighted by atomic mass is 32.1. The molecule has 2 nitrogen and oxygen atoms in total. The van der Waals surface area contributed by atoms with Crippen molar-refractivity contribution in [1.29, 1.82) is 0 Å². The summed E-state index contributed by atoms with van der Waals surface area (Å²) < 4.78 is 2.34. The Hall–Kier alpha value is -3.08. The van der Waals surface area contributed by atoms with Crippen molar-refractivity contribution in [3.8, 4) is 38.0 Å². The lowest BCUT2D eigenvalue weighted by Crippen LogP contribution is -2.36. The summed E-state index contributed by atoms with van der Waals surface area (Å²) in [5.74, 6) is 0. The molecule has 0 aliphatic rings. The molecule has 5 rings (SSSR count). The van der Waals surface area contributed by atoms with Crippen LogP contribution in [0.4, 0.5) is 0 Å². The van der Waals surface area contributed by atoms with E-state index in [-0.39, 0.29) is 0 Å². The highest BCUT2D eigenvalue weighted by molar-refractivity contribution is 7.13. The Balaban J connectivity index is 1.86. The number of nitrogens with zero attached hydrogens (tertiary/aromatic N) is 2. The first-order chi connectivity index (χ1) is 13.9. The minimum atomic E-state index is 1.11. The molecule has 5 aromatic rings. The predicted molar refractivity (Wildman–Crippen MR) is 118 cm³/mol. The van der Waals surface area contributed by atoms with Gasteiger partial charge in [0.1, 0.15) is 0 Å². The third-order valence-corrected chi connectivity index (χ3v) is 6.43. The van der Waals surface area contributed by atoms with Crippen LogP contribution in [0.1, 0.15) is 0 Å². The van der Waals surface area contributed by atoms with Crippen molar-refractivity contribution in [2.75, 3.05) is 0 Å². The predicted octanol–water partition coefficient (Wildman–Crippen LogP) is 6.48. The average Bonchev–Trinajstić information content (AvgIpc) is 3.48. The summed E-state index contributed by atoms with van der Waals surface area (Å²) in [5.41, 5.74) is 5.93. The summed E-state index contributed by atoms with van der Waals surface area (Å²) in [6.45, 7) is 0. The smallest absolute Gasteiger partial charge is 0.229 e. The van der Waals surface area contributed by atoms with Crippen LogP contribution in [0.3, 0.4) is 0 Å². The van der Waals surface area contributed by atoms with E-state index in [4.69, 9.17) is 0 Å². The van der Waals surface area contributed by atoms with Crippen molar-refractivity contribution in [3.63, 3.8) is 0 Å². The number of thiophene rings is 2.